The molecule has 6 nitrogen and oxygen atoms in total. The predicted molar refractivity (Wildman–Crippen MR) is 137 cm³/mol. The quantitative estimate of drug-likeness (QED) is 0.560. The maximum absolute atomic E-state index is 13.6. The van der Waals surface area contributed by atoms with Gasteiger partial charge < -0.3 is 18.8 Å². The van der Waals surface area contributed by atoms with E-state index >= 15 is 0 Å². The van der Waals surface area contributed by atoms with Crippen molar-refractivity contribution >= 4 is 24.1 Å². The van der Waals surface area contributed by atoms with Gasteiger partial charge in [0.15, 0.2) is 0 Å². The Morgan fingerprint density at radius 2 is 1.64 bits per heavy atom. The van der Waals surface area contributed by atoms with E-state index in [9.17, 15) is 9.59 Å². The number of benzene rings is 1. The Balaban J connectivity index is 1.81. The lowest BCUT2D eigenvalue weighted by Crippen LogP contribution is -2.42. The molecule has 0 aliphatic heterocycles. The van der Waals surface area contributed by atoms with Crippen LogP contribution in [0, 0.1) is 12.8 Å². The first-order valence-electron chi connectivity index (χ1n) is 12.6. The molecule has 186 valence electrons. The molecule has 1 saturated carbocycles. The number of aryl methyl sites for hydroxylation is 1. The Kier molecular flexibility index (Phi) is 5.16. The van der Waals surface area contributed by atoms with E-state index in [0.717, 1.165) is 60.3 Å². The van der Waals surface area contributed by atoms with Crippen molar-refractivity contribution in [1.29, 1.82) is 0 Å². The molecule has 4 aliphatic rings. The van der Waals surface area contributed by atoms with Gasteiger partial charge in [0.05, 0.1) is 36.5 Å². The van der Waals surface area contributed by atoms with Crippen LogP contribution in [0.3, 0.4) is 0 Å². The number of carbonyl (C=O) groups excluding carboxylic acids is 2. The van der Waals surface area contributed by atoms with Gasteiger partial charge in [-0.15, -0.1) is 0 Å². The monoisotopic (exact) mass is 485 g/mol. The average molecular weight is 486 g/mol. The lowest BCUT2D eigenvalue weighted by Gasteiger charge is -2.41. The highest BCUT2D eigenvalue weighted by Gasteiger charge is 2.75. The van der Waals surface area contributed by atoms with Crippen molar-refractivity contribution in [1.82, 2.24) is 4.57 Å². The summed E-state index contributed by atoms with van der Waals surface area (Å²) in [5, 5.41) is 0. The molecule has 1 heterocycles. The molecule has 6 rings (SSSR count). The number of allylic oxidation sites excluding steroid dienone is 2. The van der Waals surface area contributed by atoms with Gasteiger partial charge in [-0.1, -0.05) is 48.8 Å². The van der Waals surface area contributed by atoms with E-state index in [4.69, 9.17) is 14.2 Å². The molecule has 2 bridgehead atoms. The number of ether oxygens (including phenoxy) is 3. The first kappa shape index (κ1) is 23.0. The molecule has 0 radical (unpaired) electrons. The fourth-order valence-corrected chi connectivity index (χ4v) is 7.54. The zero-order valence-corrected chi connectivity index (χ0v) is 21.2. The molecule has 2 aromatic rings. The van der Waals surface area contributed by atoms with E-state index in [-0.39, 0.29) is 5.92 Å². The fourth-order valence-electron chi connectivity index (χ4n) is 7.54. The maximum atomic E-state index is 13.6. The Morgan fingerprint density at radius 1 is 0.944 bits per heavy atom. The molecule has 1 aromatic carbocycles. The van der Waals surface area contributed by atoms with Crippen LogP contribution in [-0.4, -0.2) is 37.8 Å². The highest BCUT2D eigenvalue weighted by molar-refractivity contribution is 6.08. The smallest absolute Gasteiger partial charge is 0.337 e. The number of rotatable bonds is 4. The Labute approximate surface area is 211 Å². The number of aromatic nitrogens is 1. The van der Waals surface area contributed by atoms with Crippen molar-refractivity contribution in [2.45, 2.75) is 50.0 Å². The molecule has 3 unspecified atom stereocenters. The molecule has 1 fully saturated rings. The van der Waals surface area contributed by atoms with Gasteiger partial charge in [-0.05, 0) is 44.4 Å². The molecule has 0 N–H and O–H groups in total. The lowest BCUT2D eigenvalue weighted by molar-refractivity contribution is -0.142. The van der Waals surface area contributed by atoms with E-state index in [1.807, 2.05) is 0 Å². The Morgan fingerprint density at radius 3 is 2.33 bits per heavy atom. The molecule has 1 aromatic heterocycles. The van der Waals surface area contributed by atoms with Crippen LogP contribution in [0.4, 0.5) is 0 Å². The van der Waals surface area contributed by atoms with Gasteiger partial charge >= 0.3 is 11.9 Å². The normalized spacial score (nSPS) is 27.4. The average Bonchev–Trinajstić information content (AvgIpc) is 3.37. The van der Waals surface area contributed by atoms with Crippen molar-refractivity contribution in [3.63, 3.8) is 0 Å². The van der Waals surface area contributed by atoms with E-state index in [0.29, 0.717) is 11.1 Å². The molecule has 3 atom stereocenters. The van der Waals surface area contributed by atoms with Crippen molar-refractivity contribution in [3.05, 3.63) is 75.6 Å². The fraction of sp³-hybridized carbons (Fsp3) is 0.400. The summed E-state index contributed by atoms with van der Waals surface area (Å²) in [7, 11) is 4.40. The highest BCUT2D eigenvalue weighted by Crippen LogP contribution is 2.73. The number of nitrogens with zero attached hydrogens (tertiary/aromatic N) is 1. The number of hydrogen-bond acceptors (Lipinski definition) is 5. The van der Waals surface area contributed by atoms with Crippen LogP contribution >= 0.6 is 0 Å². The molecule has 4 aliphatic carbocycles. The van der Waals surface area contributed by atoms with Gasteiger partial charge in [-0.2, -0.15) is 0 Å². The summed E-state index contributed by atoms with van der Waals surface area (Å²) in [6.45, 7) is 2.07. The van der Waals surface area contributed by atoms with Crippen LogP contribution in [0.25, 0.3) is 17.8 Å². The second kappa shape index (κ2) is 8.07. The first-order chi connectivity index (χ1) is 17.5. The zero-order valence-electron chi connectivity index (χ0n) is 21.2. The van der Waals surface area contributed by atoms with E-state index in [2.05, 4.69) is 60.1 Å². The van der Waals surface area contributed by atoms with Crippen LogP contribution in [0.1, 0.15) is 60.2 Å². The van der Waals surface area contributed by atoms with E-state index < -0.39 is 23.0 Å². The highest BCUT2D eigenvalue weighted by atomic mass is 16.5. The molecule has 36 heavy (non-hydrogen) atoms. The van der Waals surface area contributed by atoms with Gasteiger partial charge in [0.25, 0.3) is 0 Å². The zero-order chi connectivity index (χ0) is 25.2. The molecular formula is C30H31NO5. The molecular weight excluding hydrogens is 454 g/mol. The van der Waals surface area contributed by atoms with Crippen LogP contribution in [0.5, 0.6) is 0 Å². The summed E-state index contributed by atoms with van der Waals surface area (Å²) >= 11 is 0. The van der Waals surface area contributed by atoms with E-state index in [1.54, 1.807) is 7.11 Å². The SMILES string of the molecule is COC(=O)C1=C(C(=O)OC)C2(OC)c3c4c(n(-c5ccc(C)cc5)c3C13CCCCC32)C=CCC=C4. The van der Waals surface area contributed by atoms with Gasteiger partial charge in [0.2, 0.25) is 0 Å². The third-order valence-electron chi connectivity index (χ3n) is 8.73. The summed E-state index contributed by atoms with van der Waals surface area (Å²) < 4.78 is 19.4. The van der Waals surface area contributed by atoms with Crippen molar-refractivity contribution in [2.75, 3.05) is 21.3 Å². The second-order valence-corrected chi connectivity index (χ2v) is 10.2. The number of hydrogen-bond donors (Lipinski definition) is 0. The van der Waals surface area contributed by atoms with E-state index in [1.165, 1.54) is 19.8 Å². The molecule has 0 amide bonds. The van der Waals surface area contributed by atoms with Crippen molar-refractivity contribution < 1.29 is 23.8 Å². The van der Waals surface area contributed by atoms with Crippen molar-refractivity contribution in [2.24, 2.45) is 5.92 Å². The standard InChI is InChI=1S/C30H31NO5/c1-18-13-15-19(16-14-18)31-21-11-7-5-6-10-20(21)23-26(31)29-17-9-8-12-22(29)30(23,36-4)25(28(33)35-3)24(29)27(32)34-2/h6-7,10-11,13-16,22H,5,8-9,12,17H2,1-4H3. The van der Waals surface area contributed by atoms with Crippen molar-refractivity contribution in [3.8, 4) is 5.69 Å². The van der Waals surface area contributed by atoms with Gasteiger partial charge in [0, 0.05) is 35.5 Å². The third kappa shape index (κ3) is 2.60. The molecule has 0 spiro atoms. The van der Waals surface area contributed by atoms with Gasteiger partial charge in [0.1, 0.15) is 5.60 Å². The predicted octanol–water partition coefficient (Wildman–Crippen LogP) is 5.16. The molecule has 6 heteroatoms. The maximum Gasteiger partial charge on any atom is 0.337 e. The van der Waals surface area contributed by atoms with Crippen LogP contribution in [0.15, 0.2) is 47.6 Å². The summed E-state index contributed by atoms with van der Waals surface area (Å²) in [5.74, 6) is -1.11. The minimum atomic E-state index is -1.09. The number of carbonyl (C=O) groups is 2. The van der Waals surface area contributed by atoms with Gasteiger partial charge in [-0.3, -0.25) is 0 Å². The summed E-state index contributed by atoms with van der Waals surface area (Å²) in [6, 6.07) is 8.47. The number of methoxy groups -OCH3 is 3. The minimum Gasteiger partial charge on any atom is -0.466 e. The largest absolute Gasteiger partial charge is 0.466 e. The minimum absolute atomic E-state index is 0.0976. The third-order valence-corrected chi connectivity index (χ3v) is 8.73. The Hall–Kier alpha value is -3.38. The topological polar surface area (TPSA) is 66.8 Å². The van der Waals surface area contributed by atoms with Crippen LogP contribution in [0.2, 0.25) is 0 Å². The van der Waals surface area contributed by atoms with Crippen LogP contribution < -0.4 is 0 Å². The summed E-state index contributed by atoms with van der Waals surface area (Å²) in [4.78, 5) is 27.1. The second-order valence-electron chi connectivity index (χ2n) is 10.2. The summed E-state index contributed by atoms with van der Waals surface area (Å²) in [5.41, 5.74) is 5.24. The van der Waals surface area contributed by atoms with Crippen LogP contribution in [-0.2, 0) is 34.8 Å². The summed E-state index contributed by atoms with van der Waals surface area (Å²) in [6.07, 6.45) is 12.9. The number of esters is 2. The first-order valence-corrected chi connectivity index (χ1v) is 12.6. The molecule has 0 saturated heterocycles. The lowest BCUT2D eigenvalue weighted by atomic mass is 9.65. The van der Waals surface area contributed by atoms with Gasteiger partial charge in [-0.25, -0.2) is 9.59 Å². The Bertz CT molecular complexity index is 1370. The number of fused-ring (bicyclic) bond motifs is 4.